The summed E-state index contributed by atoms with van der Waals surface area (Å²) in [4.78, 5) is 27.1. The Bertz CT molecular complexity index is 712. The second-order valence-electron chi connectivity index (χ2n) is 7.49. The first-order valence-corrected chi connectivity index (χ1v) is 10.8. The highest BCUT2D eigenvalue weighted by Gasteiger charge is 2.25. The molecule has 0 spiro atoms. The largest absolute Gasteiger partial charge is 0.357 e. The maximum atomic E-state index is 11.4. The molecule has 30 heavy (non-hydrogen) atoms. The fourth-order valence-electron chi connectivity index (χ4n) is 3.78. The van der Waals surface area contributed by atoms with Gasteiger partial charge in [0, 0.05) is 71.5 Å². The number of amides is 1. The summed E-state index contributed by atoms with van der Waals surface area (Å²) in [6, 6.07) is 4.05. The van der Waals surface area contributed by atoms with Crippen molar-refractivity contribution in [3.8, 4) is 0 Å². The highest BCUT2D eigenvalue weighted by Crippen LogP contribution is 2.25. The van der Waals surface area contributed by atoms with Crippen molar-refractivity contribution in [1.29, 1.82) is 0 Å². The van der Waals surface area contributed by atoms with Crippen molar-refractivity contribution in [2.75, 3.05) is 63.8 Å². The quantitative estimate of drug-likeness (QED) is 0.319. The Labute approximate surface area is 201 Å². The van der Waals surface area contributed by atoms with Crippen LogP contribution in [0.2, 0.25) is 5.02 Å². The molecular formula is C20H33ClIN7O. The Hall–Kier alpha value is -1.33. The molecule has 3 heterocycles. The van der Waals surface area contributed by atoms with Gasteiger partial charge in [0.2, 0.25) is 5.91 Å². The lowest BCUT2D eigenvalue weighted by Crippen LogP contribution is -2.49. The van der Waals surface area contributed by atoms with Gasteiger partial charge in [0.05, 0.1) is 11.6 Å². The zero-order chi connectivity index (χ0) is 20.6. The molecule has 8 nitrogen and oxygen atoms in total. The van der Waals surface area contributed by atoms with Gasteiger partial charge in [0.25, 0.3) is 0 Å². The van der Waals surface area contributed by atoms with Crippen molar-refractivity contribution >= 4 is 53.3 Å². The monoisotopic (exact) mass is 549 g/mol. The lowest BCUT2D eigenvalue weighted by atomic mass is 10.3. The number of rotatable bonds is 6. The van der Waals surface area contributed by atoms with E-state index < -0.39 is 0 Å². The first-order valence-electron chi connectivity index (χ1n) is 10.4. The van der Waals surface area contributed by atoms with Crippen LogP contribution in [-0.2, 0) is 4.79 Å². The van der Waals surface area contributed by atoms with E-state index in [-0.39, 0.29) is 29.9 Å². The molecule has 1 atom stereocenters. The van der Waals surface area contributed by atoms with Gasteiger partial charge in [0.1, 0.15) is 5.82 Å². The first kappa shape index (κ1) is 24.9. The normalized spacial score (nSPS) is 20.1. The number of pyridine rings is 1. The molecule has 0 radical (unpaired) electrons. The van der Waals surface area contributed by atoms with Crippen molar-refractivity contribution < 1.29 is 4.79 Å². The Kier molecular flexibility index (Phi) is 10.4. The van der Waals surface area contributed by atoms with Gasteiger partial charge in [-0.25, -0.2) is 4.98 Å². The van der Waals surface area contributed by atoms with E-state index in [1.165, 1.54) is 0 Å². The zero-order valence-corrected chi connectivity index (χ0v) is 20.9. The van der Waals surface area contributed by atoms with Gasteiger partial charge >= 0.3 is 0 Å². The number of anilines is 1. The molecule has 1 aromatic heterocycles. The highest BCUT2D eigenvalue weighted by molar-refractivity contribution is 14.0. The second kappa shape index (κ2) is 12.5. The summed E-state index contributed by atoms with van der Waals surface area (Å²) in [7, 11) is 0. The van der Waals surface area contributed by atoms with Gasteiger partial charge < -0.3 is 20.4 Å². The summed E-state index contributed by atoms with van der Waals surface area (Å²) in [5.41, 5.74) is 0. The molecule has 1 unspecified atom stereocenters. The van der Waals surface area contributed by atoms with Crippen LogP contribution in [0.5, 0.6) is 0 Å². The molecule has 0 aliphatic carbocycles. The number of nitrogens with zero attached hydrogens (tertiary/aromatic N) is 5. The Morgan fingerprint density at radius 2 is 2.07 bits per heavy atom. The van der Waals surface area contributed by atoms with E-state index in [4.69, 9.17) is 16.6 Å². The predicted molar refractivity (Wildman–Crippen MR) is 133 cm³/mol. The zero-order valence-electron chi connectivity index (χ0n) is 17.8. The minimum Gasteiger partial charge on any atom is -0.357 e. The third-order valence-corrected chi connectivity index (χ3v) is 5.71. The second-order valence-corrected chi connectivity index (χ2v) is 7.90. The smallest absolute Gasteiger partial charge is 0.219 e. The van der Waals surface area contributed by atoms with Crippen LogP contribution in [0, 0.1) is 0 Å². The minimum atomic E-state index is 0. The molecule has 1 aromatic rings. The van der Waals surface area contributed by atoms with E-state index in [0.29, 0.717) is 11.1 Å². The molecule has 3 rings (SSSR count). The first-order chi connectivity index (χ1) is 14.1. The van der Waals surface area contributed by atoms with Crippen molar-refractivity contribution in [2.45, 2.75) is 26.3 Å². The van der Waals surface area contributed by atoms with Crippen molar-refractivity contribution in [3.05, 3.63) is 23.4 Å². The third-order valence-electron chi connectivity index (χ3n) is 5.42. The van der Waals surface area contributed by atoms with E-state index in [1.54, 1.807) is 13.1 Å². The minimum absolute atomic E-state index is 0. The van der Waals surface area contributed by atoms with Crippen LogP contribution in [-0.4, -0.2) is 91.6 Å². The lowest BCUT2D eigenvalue weighted by molar-refractivity contribution is -0.130. The number of piperazine rings is 1. The lowest BCUT2D eigenvalue weighted by Gasteiger charge is -2.33. The molecule has 168 valence electrons. The highest BCUT2D eigenvalue weighted by atomic mass is 127. The number of guanidine groups is 1. The summed E-state index contributed by atoms with van der Waals surface area (Å²) < 4.78 is 0. The van der Waals surface area contributed by atoms with Crippen LogP contribution in [0.3, 0.4) is 0 Å². The summed E-state index contributed by atoms with van der Waals surface area (Å²) in [6.45, 7) is 11.4. The number of aliphatic imine (C=N–C) groups is 1. The van der Waals surface area contributed by atoms with Crippen molar-refractivity contribution in [1.82, 2.24) is 25.4 Å². The van der Waals surface area contributed by atoms with Crippen LogP contribution in [0.1, 0.15) is 20.3 Å². The van der Waals surface area contributed by atoms with Gasteiger partial charge in [-0.1, -0.05) is 11.6 Å². The molecular weight excluding hydrogens is 517 g/mol. The van der Waals surface area contributed by atoms with Gasteiger partial charge in [-0.2, -0.15) is 0 Å². The Morgan fingerprint density at radius 1 is 1.30 bits per heavy atom. The van der Waals surface area contributed by atoms with Gasteiger partial charge in [0.15, 0.2) is 5.96 Å². The average Bonchev–Trinajstić information content (AvgIpc) is 3.17. The number of carbonyl (C=O) groups is 1. The van der Waals surface area contributed by atoms with E-state index in [1.807, 2.05) is 17.0 Å². The number of hydrogen-bond donors (Lipinski definition) is 2. The Balaban J connectivity index is 0.00000320. The molecule has 1 amide bonds. The van der Waals surface area contributed by atoms with Crippen molar-refractivity contribution in [3.63, 3.8) is 0 Å². The van der Waals surface area contributed by atoms with Crippen molar-refractivity contribution in [2.24, 2.45) is 4.99 Å². The number of halogens is 2. The maximum Gasteiger partial charge on any atom is 0.219 e. The average molecular weight is 550 g/mol. The summed E-state index contributed by atoms with van der Waals surface area (Å²) >= 11 is 6.29. The number of hydrogen-bond acceptors (Lipinski definition) is 5. The predicted octanol–water partition coefficient (Wildman–Crippen LogP) is 1.65. The SMILES string of the molecule is CCNC(=NCCN1CCN(C(C)=O)CC1)NC1CCN(c2ncccc2Cl)C1.I. The van der Waals surface area contributed by atoms with E-state index in [9.17, 15) is 4.79 Å². The maximum absolute atomic E-state index is 11.4. The Morgan fingerprint density at radius 3 is 2.73 bits per heavy atom. The molecule has 2 saturated heterocycles. The van der Waals surface area contributed by atoms with E-state index >= 15 is 0 Å². The summed E-state index contributed by atoms with van der Waals surface area (Å²) in [5.74, 6) is 1.87. The van der Waals surface area contributed by atoms with Crippen LogP contribution in [0.4, 0.5) is 5.82 Å². The van der Waals surface area contributed by atoms with E-state index in [2.05, 4.69) is 32.3 Å². The topological polar surface area (TPSA) is 76.1 Å². The molecule has 2 fully saturated rings. The number of aromatic nitrogens is 1. The van der Waals surface area contributed by atoms with Crippen LogP contribution < -0.4 is 15.5 Å². The van der Waals surface area contributed by atoms with Gasteiger partial charge in [-0.3, -0.25) is 14.7 Å². The van der Waals surface area contributed by atoms with Crippen LogP contribution in [0.15, 0.2) is 23.3 Å². The molecule has 2 N–H and O–H groups in total. The summed E-state index contributed by atoms with van der Waals surface area (Å²) in [6.07, 6.45) is 2.80. The molecule has 0 bridgehead atoms. The van der Waals surface area contributed by atoms with Crippen LogP contribution >= 0.6 is 35.6 Å². The summed E-state index contributed by atoms with van der Waals surface area (Å²) in [5, 5.41) is 7.59. The molecule has 10 heteroatoms. The molecule has 2 aliphatic rings. The molecule has 0 aromatic carbocycles. The van der Waals surface area contributed by atoms with Gasteiger partial charge in [-0.15, -0.1) is 24.0 Å². The standard InChI is InChI=1S/C20H32ClN7O.HI/c1-3-22-20(24-8-10-26-11-13-27(14-12-26)16(2)29)25-17-6-9-28(15-17)19-18(21)5-4-7-23-19;/h4-5,7,17H,3,6,8-15H2,1-2H3,(H2,22,24,25);1H. The van der Waals surface area contributed by atoms with Gasteiger partial charge in [-0.05, 0) is 25.5 Å². The molecule has 0 saturated carbocycles. The van der Waals surface area contributed by atoms with Crippen LogP contribution in [0.25, 0.3) is 0 Å². The number of nitrogens with one attached hydrogen (secondary N) is 2. The number of carbonyl (C=O) groups excluding carboxylic acids is 1. The fourth-order valence-corrected chi connectivity index (χ4v) is 4.02. The van der Waals surface area contributed by atoms with E-state index in [0.717, 1.165) is 77.1 Å². The fraction of sp³-hybridized carbons (Fsp3) is 0.650. The molecule has 2 aliphatic heterocycles. The third kappa shape index (κ3) is 7.12.